The van der Waals surface area contributed by atoms with Gasteiger partial charge in [-0.05, 0) is 97.1 Å². The minimum atomic E-state index is -3.19. The Bertz CT molecular complexity index is 2270. The van der Waals surface area contributed by atoms with Crippen LogP contribution in [-0.4, -0.2) is 69.6 Å². The summed E-state index contributed by atoms with van der Waals surface area (Å²) in [5.74, 6) is -1.03. The zero-order valence-corrected chi connectivity index (χ0v) is 34.6. The lowest BCUT2D eigenvalue weighted by atomic mass is 9.91. The van der Waals surface area contributed by atoms with E-state index >= 15 is 8.78 Å². The maximum atomic E-state index is 16.5. The van der Waals surface area contributed by atoms with E-state index in [2.05, 4.69) is 71.5 Å². The fourth-order valence-electron chi connectivity index (χ4n) is 8.64. The second-order valence-corrected chi connectivity index (χ2v) is 17.1. The summed E-state index contributed by atoms with van der Waals surface area (Å²) in [4.78, 5) is 33.2. The maximum Gasteiger partial charge on any atom is 0.407 e. The van der Waals surface area contributed by atoms with E-state index in [-0.39, 0.29) is 34.5 Å². The summed E-state index contributed by atoms with van der Waals surface area (Å²) in [6, 6.07) is 16.4. The van der Waals surface area contributed by atoms with Gasteiger partial charge in [-0.25, -0.2) is 14.8 Å². The standard InChI is InChI=1S/C46H57F2N7O2/c1-10-12-29(11-2)42(54(7)8)43-51-37-18-15-31(23-38(37)52-43)30-13-16-33-34-17-14-32(22-36(34)46(47,48)35(33)21-30)39-24-49-40(50-39)25-55(26-45(6)19-20-45)28(5)41(27(3)4)53-44(56)57-9/h13-18,21-24,27,29,41-42H,5,10-12,19-20,25-26H2,1-4,6-9H3,(H,49,50)(H,51,52)(H,53,56)/t29-,41?,42+/m1/s1. The van der Waals surface area contributed by atoms with Crippen molar-refractivity contribution in [2.45, 2.75) is 91.3 Å². The number of halogens is 2. The number of hydrogen-bond donors (Lipinski definition) is 3. The number of alkyl carbamates (subject to hydrolysis) is 1. The van der Waals surface area contributed by atoms with Crippen LogP contribution in [0.4, 0.5) is 13.6 Å². The highest BCUT2D eigenvalue weighted by atomic mass is 19.3. The molecule has 0 spiro atoms. The minimum Gasteiger partial charge on any atom is -0.453 e. The molecule has 1 fully saturated rings. The van der Waals surface area contributed by atoms with E-state index in [1.165, 1.54) is 7.11 Å². The SMILES string of the molecule is C=C(C(NC(=O)OC)C(C)C)N(Cc1ncc(-c2ccc3c(c2)C(F)(F)c2cc(-c4ccc5nc([C@H]([C@H](CC)CCC)N(C)C)[nH]c5c4)ccc2-3)[nH]1)CC1(C)CC1. The molecule has 3 aromatic carbocycles. The number of alkyl halides is 2. The van der Waals surface area contributed by atoms with Gasteiger partial charge in [-0.3, -0.25) is 4.90 Å². The number of aromatic amines is 2. The predicted molar refractivity (Wildman–Crippen MR) is 224 cm³/mol. The van der Waals surface area contributed by atoms with Crippen molar-refractivity contribution in [3.05, 3.63) is 95.8 Å². The molecular formula is C46H57F2N7O2. The van der Waals surface area contributed by atoms with Crippen LogP contribution in [0.1, 0.15) is 95.5 Å². The fraction of sp³-hybridized carbons (Fsp3) is 0.457. The van der Waals surface area contributed by atoms with Crippen LogP contribution in [0.5, 0.6) is 0 Å². The smallest absolute Gasteiger partial charge is 0.407 e. The third-order valence-electron chi connectivity index (χ3n) is 12.2. The van der Waals surface area contributed by atoms with Gasteiger partial charge in [0, 0.05) is 28.9 Å². The van der Waals surface area contributed by atoms with Gasteiger partial charge in [0.2, 0.25) is 0 Å². The molecule has 5 aromatic rings. The first-order valence-electron chi connectivity index (χ1n) is 20.3. The summed E-state index contributed by atoms with van der Waals surface area (Å²) in [5, 5.41) is 2.94. The summed E-state index contributed by atoms with van der Waals surface area (Å²) in [6.45, 7) is 16.3. The van der Waals surface area contributed by atoms with Crippen LogP contribution in [0.2, 0.25) is 0 Å². The molecule has 2 aliphatic carbocycles. The number of H-pyrrole nitrogens is 2. The number of rotatable bonds is 16. The molecule has 9 nitrogen and oxygen atoms in total. The van der Waals surface area contributed by atoms with E-state index in [1.807, 2.05) is 50.2 Å². The van der Waals surface area contributed by atoms with Crippen molar-refractivity contribution in [2.75, 3.05) is 27.7 Å². The third-order valence-corrected chi connectivity index (χ3v) is 12.2. The first kappa shape index (κ1) is 40.2. The van der Waals surface area contributed by atoms with Crippen molar-refractivity contribution < 1.29 is 18.3 Å². The van der Waals surface area contributed by atoms with E-state index < -0.39 is 12.0 Å². The third kappa shape index (κ3) is 7.95. The molecule has 11 heteroatoms. The average Bonchev–Trinajstić information content (AvgIpc) is 3.46. The molecule has 2 aliphatic rings. The lowest BCUT2D eigenvalue weighted by Crippen LogP contribution is -2.45. The van der Waals surface area contributed by atoms with Crippen LogP contribution >= 0.6 is 0 Å². The Balaban J connectivity index is 1.13. The van der Waals surface area contributed by atoms with Crippen LogP contribution in [0, 0.1) is 17.3 Å². The normalized spacial score (nSPS) is 16.6. The number of imidazole rings is 2. The highest BCUT2D eigenvalue weighted by molar-refractivity contribution is 5.87. The van der Waals surface area contributed by atoms with Crippen LogP contribution in [0.25, 0.3) is 44.5 Å². The van der Waals surface area contributed by atoms with Crippen LogP contribution < -0.4 is 5.32 Å². The molecule has 1 unspecified atom stereocenters. The first-order valence-corrected chi connectivity index (χ1v) is 20.3. The molecule has 57 heavy (non-hydrogen) atoms. The zero-order chi connectivity index (χ0) is 40.8. The Morgan fingerprint density at radius 1 is 0.982 bits per heavy atom. The van der Waals surface area contributed by atoms with Crippen LogP contribution in [-0.2, 0) is 17.2 Å². The molecule has 2 aromatic heterocycles. The van der Waals surface area contributed by atoms with Gasteiger partial charge in [-0.2, -0.15) is 8.78 Å². The van der Waals surface area contributed by atoms with Crippen LogP contribution in [0.15, 0.2) is 73.1 Å². The number of benzene rings is 3. The number of carbonyl (C=O) groups excluding carboxylic acids is 1. The number of amides is 1. The largest absolute Gasteiger partial charge is 0.453 e. The van der Waals surface area contributed by atoms with Gasteiger partial charge in [-0.1, -0.05) is 84.4 Å². The van der Waals surface area contributed by atoms with Gasteiger partial charge in [0.05, 0.1) is 48.7 Å². The maximum absolute atomic E-state index is 16.5. The second-order valence-electron chi connectivity index (χ2n) is 17.1. The van der Waals surface area contributed by atoms with Gasteiger partial charge in [0.15, 0.2) is 0 Å². The number of methoxy groups -OCH3 is 1. The number of nitrogens with one attached hydrogen (secondary N) is 3. The molecule has 1 amide bonds. The van der Waals surface area contributed by atoms with Gasteiger partial charge in [0.1, 0.15) is 11.6 Å². The number of nitrogens with zero attached hydrogens (tertiary/aromatic N) is 4. The van der Waals surface area contributed by atoms with Crippen LogP contribution in [0.3, 0.4) is 0 Å². The Morgan fingerprint density at radius 2 is 1.63 bits per heavy atom. The minimum absolute atomic E-state index is 0.00358. The molecule has 3 atom stereocenters. The van der Waals surface area contributed by atoms with Gasteiger partial charge in [-0.15, -0.1) is 0 Å². The number of fused-ring (bicyclic) bond motifs is 4. The Kier molecular flexibility index (Phi) is 11.1. The second kappa shape index (κ2) is 15.7. The Labute approximate surface area is 335 Å². The average molecular weight is 778 g/mol. The van der Waals surface area contributed by atoms with E-state index in [0.29, 0.717) is 40.7 Å². The predicted octanol–water partition coefficient (Wildman–Crippen LogP) is 10.7. The molecule has 0 bridgehead atoms. The van der Waals surface area contributed by atoms with Crippen molar-refractivity contribution in [1.82, 2.24) is 35.1 Å². The Hall–Kier alpha value is -5.03. The van der Waals surface area contributed by atoms with Crippen molar-refractivity contribution in [2.24, 2.45) is 17.3 Å². The topological polar surface area (TPSA) is 102 Å². The van der Waals surface area contributed by atoms with E-state index in [0.717, 1.165) is 72.3 Å². The molecule has 0 saturated heterocycles. The van der Waals surface area contributed by atoms with Crippen molar-refractivity contribution >= 4 is 17.1 Å². The van der Waals surface area contributed by atoms with E-state index in [9.17, 15) is 4.79 Å². The lowest BCUT2D eigenvalue weighted by Gasteiger charge is -2.35. The molecule has 3 N–H and O–H groups in total. The van der Waals surface area contributed by atoms with Gasteiger partial charge < -0.3 is 24.9 Å². The molecule has 0 aliphatic heterocycles. The van der Waals surface area contributed by atoms with Crippen molar-refractivity contribution in [3.8, 4) is 33.5 Å². The lowest BCUT2D eigenvalue weighted by molar-refractivity contribution is 0.0481. The number of ether oxygens (including phenoxy) is 1. The van der Waals surface area contributed by atoms with Crippen molar-refractivity contribution in [3.63, 3.8) is 0 Å². The molecular weight excluding hydrogens is 721 g/mol. The molecule has 2 heterocycles. The molecule has 7 rings (SSSR count). The quantitative estimate of drug-likeness (QED) is 0.0922. The first-order chi connectivity index (χ1) is 27.2. The highest BCUT2D eigenvalue weighted by Gasteiger charge is 2.45. The Morgan fingerprint density at radius 3 is 2.25 bits per heavy atom. The monoisotopic (exact) mass is 777 g/mol. The number of hydrogen-bond acceptors (Lipinski definition) is 6. The molecule has 0 radical (unpaired) electrons. The summed E-state index contributed by atoms with van der Waals surface area (Å²) < 4.78 is 37.9. The summed E-state index contributed by atoms with van der Waals surface area (Å²) in [7, 11) is 5.54. The number of aromatic nitrogens is 4. The van der Waals surface area contributed by atoms with E-state index in [1.54, 1.807) is 24.4 Å². The zero-order valence-electron chi connectivity index (χ0n) is 34.6. The molecule has 1 saturated carbocycles. The fourth-order valence-corrected chi connectivity index (χ4v) is 8.64. The summed E-state index contributed by atoms with van der Waals surface area (Å²) >= 11 is 0. The highest BCUT2D eigenvalue weighted by Crippen LogP contribution is 2.53. The number of carbonyl (C=O) groups is 1. The summed E-state index contributed by atoms with van der Waals surface area (Å²) in [6.07, 6.45) is 6.70. The van der Waals surface area contributed by atoms with Crippen molar-refractivity contribution in [1.29, 1.82) is 0 Å². The van der Waals surface area contributed by atoms with E-state index in [4.69, 9.17) is 9.72 Å². The van der Waals surface area contributed by atoms with Gasteiger partial charge in [0.25, 0.3) is 5.92 Å². The van der Waals surface area contributed by atoms with Gasteiger partial charge >= 0.3 is 6.09 Å². The summed E-state index contributed by atoms with van der Waals surface area (Å²) in [5.41, 5.74) is 6.62. The molecule has 302 valence electrons.